The molecule has 6 nitrogen and oxygen atoms in total. The molecule has 25 heavy (non-hydrogen) atoms. The smallest absolute Gasteiger partial charge is 0.244 e. The zero-order chi connectivity index (χ0) is 17.2. The van der Waals surface area contributed by atoms with E-state index in [1.807, 2.05) is 60.0 Å². The van der Waals surface area contributed by atoms with Gasteiger partial charge in [0.1, 0.15) is 5.01 Å². The minimum absolute atomic E-state index is 0.288. The minimum Gasteiger partial charge on any atom is -0.244 e. The molecule has 0 aliphatic heterocycles. The van der Waals surface area contributed by atoms with Crippen LogP contribution in [0.1, 0.15) is 5.69 Å². The average Bonchev–Trinajstić information content (AvgIpc) is 3.24. The topological polar surface area (TPSA) is 65.6 Å². The third kappa shape index (κ3) is 3.31. The average molecular weight is 414 g/mol. The third-order valence-electron chi connectivity index (χ3n) is 3.58. The summed E-state index contributed by atoms with van der Waals surface area (Å²) >= 11 is 5.00. The van der Waals surface area contributed by atoms with Crippen LogP contribution in [0.2, 0.25) is 0 Å². The molecule has 0 spiro atoms. The number of para-hydroxylation sites is 1. The van der Waals surface area contributed by atoms with E-state index in [9.17, 15) is 4.79 Å². The first kappa shape index (κ1) is 15.9. The van der Waals surface area contributed by atoms with Crippen LogP contribution in [0.5, 0.6) is 0 Å². The first-order valence-electron chi connectivity index (χ1n) is 7.49. The Balaban J connectivity index is 1.60. The fraction of sp³-hybridized carbons (Fsp3) is 0.0588. The Morgan fingerprint density at radius 3 is 2.68 bits per heavy atom. The lowest BCUT2D eigenvalue weighted by Gasteiger charge is -1.98. The molecule has 2 heterocycles. The van der Waals surface area contributed by atoms with Crippen molar-refractivity contribution in [1.29, 1.82) is 0 Å². The van der Waals surface area contributed by atoms with Crippen molar-refractivity contribution in [3.63, 3.8) is 0 Å². The monoisotopic (exact) mass is 413 g/mol. The van der Waals surface area contributed by atoms with Gasteiger partial charge in [-0.2, -0.15) is 9.36 Å². The maximum atomic E-state index is 12.5. The molecular formula is C17H12BrN5OS. The van der Waals surface area contributed by atoms with Gasteiger partial charge in [0.05, 0.1) is 17.9 Å². The van der Waals surface area contributed by atoms with Crippen molar-refractivity contribution in [2.24, 2.45) is 0 Å². The van der Waals surface area contributed by atoms with Crippen molar-refractivity contribution in [2.45, 2.75) is 6.54 Å². The highest BCUT2D eigenvalue weighted by molar-refractivity contribution is 9.10. The zero-order valence-electron chi connectivity index (χ0n) is 12.9. The van der Waals surface area contributed by atoms with Crippen LogP contribution >= 0.6 is 27.3 Å². The number of aromatic nitrogens is 5. The van der Waals surface area contributed by atoms with E-state index in [0.29, 0.717) is 5.69 Å². The van der Waals surface area contributed by atoms with Gasteiger partial charge >= 0.3 is 5.69 Å². The summed E-state index contributed by atoms with van der Waals surface area (Å²) in [5.74, 6) is 0. The second-order valence-electron chi connectivity index (χ2n) is 5.32. The molecule has 0 radical (unpaired) electrons. The number of thiazole rings is 1. The van der Waals surface area contributed by atoms with Crippen LogP contribution < -0.4 is 5.69 Å². The molecule has 2 aromatic heterocycles. The standard InChI is InChI=1S/C17H12BrN5OS/c18-13-6-4-5-12(9-13)16-19-14(11-25-16)10-22-17(24)23(21-20-22)15-7-2-1-3-8-15/h1-9,11H,10H2. The molecule has 4 aromatic rings. The number of rotatable bonds is 4. The molecule has 0 aliphatic rings. The van der Waals surface area contributed by atoms with E-state index in [2.05, 4.69) is 31.3 Å². The quantitative estimate of drug-likeness (QED) is 0.514. The second-order valence-corrected chi connectivity index (χ2v) is 7.09. The summed E-state index contributed by atoms with van der Waals surface area (Å²) in [5, 5.41) is 10.7. The van der Waals surface area contributed by atoms with E-state index in [1.54, 1.807) is 0 Å². The number of hydrogen-bond acceptors (Lipinski definition) is 5. The highest BCUT2D eigenvalue weighted by Gasteiger charge is 2.11. The predicted molar refractivity (Wildman–Crippen MR) is 100.0 cm³/mol. The Morgan fingerprint density at radius 1 is 1.04 bits per heavy atom. The van der Waals surface area contributed by atoms with Crippen LogP contribution in [0.15, 0.2) is 69.2 Å². The van der Waals surface area contributed by atoms with Gasteiger partial charge in [-0.15, -0.1) is 11.3 Å². The molecule has 0 N–H and O–H groups in total. The molecule has 0 bridgehead atoms. The van der Waals surface area contributed by atoms with Crippen molar-refractivity contribution < 1.29 is 0 Å². The summed E-state index contributed by atoms with van der Waals surface area (Å²) in [6.07, 6.45) is 0. The van der Waals surface area contributed by atoms with Gasteiger partial charge in [-0.1, -0.05) is 46.3 Å². The Bertz CT molecular complexity index is 1070. The number of tetrazole rings is 1. The molecule has 0 aliphatic carbocycles. The Labute approximate surface area is 155 Å². The lowest BCUT2D eigenvalue weighted by molar-refractivity contribution is 0.624. The number of benzene rings is 2. The van der Waals surface area contributed by atoms with E-state index in [0.717, 1.165) is 20.7 Å². The molecule has 0 saturated heterocycles. The summed E-state index contributed by atoms with van der Waals surface area (Å²) < 4.78 is 3.60. The summed E-state index contributed by atoms with van der Waals surface area (Å²) in [6.45, 7) is 0.288. The maximum Gasteiger partial charge on any atom is 0.368 e. The van der Waals surface area contributed by atoms with Crippen molar-refractivity contribution in [1.82, 2.24) is 24.8 Å². The van der Waals surface area contributed by atoms with Gasteiger partial charge in [0.2, 0.25) is 0 Å². The molecule has 0 fully saturated rings. The third-order valence-corrected chi connectivity index (χ3v) is 5.01. The summed E-state index contributed by atoms with van der Waals surface area (Å²) in [6, 6.07) is 17.2. The van der Waals surface area contributed by atoms with E-state index >= 15 is 0 Å². The van der Waals surface area contributed by atoms with Crippen molar-refractivity contribution in [3.8, 4) is 16.3 Å². The van der Waals surface area contributed by atoms with Crippen LogP contribution in [-0.2, 0) is 6.54 Å². The molecular weight excluding hydrogens is 402 g/mol. The molecule has 124 valence electrons. The SMILES string of the molecule is O=c1n(Cc2csc(-c3cccc(Br)c3)n2)nnn1-c1ccccc1. The van der Waals surface area contributed by atoms with Gasteiger partial charge in [0, 0.05) is 15.4 Å². The number of halogens is 1. The zero-order valence-corrected chi connectivity index (χ0v) is 15.3. The van der Waals surface area contributed by atoms with Gasteiger partial charge in [-0.25, -0.2) is 9.78 Å². The van der Waals surface area contributed by atoms with Gasteiger partial charge in [-0.05, 0) is 34.7 Å². The number of hydrogen-bond donors (Lipinski definition) is 0. The van der Waals surface area contributed by atoms with Crippen LogP contribution in [0.3, 0.4) is 0 Å². The van der Waals surface area contributed by atoms with Gasteiger partial charge in [0.15, 0.2) is 0 Å². The molecule has 0 atom stereocenters. The minimum atomic E-state index is -0.289. The van der Waals surface area contributed by atoms with Gasteiger partial charge in [-0.3, -0.25) is 0 Å². The molecule has 0 unspecified atom stereocenters. The van der Waals surface area contributed by atoms with E-state index in [1.165, 1.54) is 20.7 Å². The first-order chi connectivity index (χ1) is 12.2. The van der Waals surface area contributed by atoms with E-state index in [4.69, 9.17) is 0 Å². The molecule has 2 aromatic carbocycles. The fourth-order valence-electron chi connectivity index (χ4n) is 2.39. The summed E-state index contributed by atoms with van der Waals surface area (Å²) in [4.78, 5) is 17.1. The van der Waals surface area contributed by atoms with Crippen LogP contribution in [0.4, 0.5) is 0 Å². The Morgan fingerprint density at radius 2 is 1.88 bits per heavy atom. The molecule has 8 heteroatoms. The molecule has 0 amide bonds. The van der Waals surface area contributed by atoms with Crippen molar-refractivity contribution in [3.05, 3.63) is 80.6 Å². The van der Waals surface area contributed by atoms with Crippen LogP contribution in [0, 0.1) is 0 Å². The van der Waals surface area contributed by atoms with Gasteiger partial charge in [0.25, 0.3) is 0 Å². The fourth-order valence-corrected chi connectivity index (χ4v) is 3.60. The largest absolute Gasteiger partial charge is 0.368 e. The normalized spacial score (nSPS) is 10.9. The number of nitrogens with zero attached hydrogens (tertiary/aromatic N) is 5. The second kappa shape index (κ2) is 6.73. The van der Waals surface area contributed by atoms with E-state index in [-0.39, 0.29) is 12.2 Å². The van der Waals surface area contributed by atoms with Crippen molar-refractivity contribution >= 4 is 27.3 Å². The van der Waals surface area contributed by atoms with Crippen LogP contribution in [0.25, 0.3) is 16.3 Å². The van der Waals surface area contributed by atoms with Crippen molar-refractivity contribution in [2.75, 3.05) is 0 Å². The maximum absolute atomic E-state index is 12.5. The van der Waals surface area contributed by atoms with Crippen LogP contribution in [-0.4, -0.2) is 24.8 Å². The highest BCUT2D eigenvalue weighted by Crippen LogP contribution is 2.26. The first-order valence-corrected chi connectivity index (χ1v) is 9.16. The highest BCUT2D eigenvalue weighted by atomic mass is 79.9. The lowest BCUT2D eigenvalue weighted by atomic mass is 10.2. The van der Waals surface area contributed by atoms with Gasteiger partial charge < -0.3 is 0 Å². The summed E-state index contributed by atoms with van der Waals surface area (Å²) in [7, 11) is 0. The summed E-state index contributed by atoms with van der Waals surface area (Å²) in [5.41, 5.74) is 2.21. The molecule has 0 saturated carbocycles. The Kier molecular flexibility index (Phi) is 4.29. The van der Waals surface area contributed by atoms with E-state index < -0.39 is 0 Å². The Hall–Kier alpha value is -2.58. The lowest BCUT2D eigenvalue weighted by Crippen LogP contribution is -2.24. The predicted octanol–water partition coefficient (Wildman–Crippen LogP) is 3.36. The molecule has 4 rings (SSSR count).